The van der Waals surface area contributed by atoms with Crippen molar-refractivity contribution in [2.24, 2.45) is 17.6 Å². The van der Waals surface area contributed by atoms with E-state index in [2.05, 4.69) is 51.7 Å². The number of fused-ring (bicyclic) bond motifs is 2. The van der Waals surface area contributed by atoms with Crippen LogP contribution in [-0.2, 0) is 14.3 Å². The highest BCUT2D eigenvalue weighted by Gasteiger charge is 2.40. The lowest BCUT2D eigenvalue weighted by Crippen LogP contribution is -2.52. The van der Waals surface area contributed by atoms with Crippen LogP contribution in [0.15, 0.2) is 54.7 Å². The van der Waals surface area contributed by atoms with Gasteiger partial charge in [0.15, 0.2) is 5.65 Å². The Morgan fingerprint density at radius 2 is 1.36 bits per heavy atom. The summed E-state index contributed by atoms with van der Waals surface area (Å²) in [6, 6.07) is 15.4. The van der Waals surface area contributed by atoms with Gasteiger partial charge in [-0.3, -0.25) is 9.59 Å². The average Bonchev–Trinajstić information content (AvgIpc) is 4.11. The number of likely N-dealkylation sites (tertiary alicyclic amines) is 2. The molecule has 2 aromatic carbocycles. The third-order valence-electron chi connectivity index (χ3n) is 13.4. The van der Waals surface area contributed by atoms with Crippen LogP contribution in [0.5, 0.6) is 0 Å². The number of methoxy groups -OCH3 is 1. The van der Waals surface area contributed by atoms with Gasteiger partial charge in [0.05, 0.1) is 48.3 Å². The number of nitrogens with two attached hydrogens (primary N) is 1. The third kappa shape index (κ3) is 7.56. The first-order valence-electron chi connectivity index (χ1n) is 21.5. The van der Waals surface area contributed by atoms with E-state index < -0.39 is 18.2 Å². The van der Waals surface area contributed by atoms with Crippen LogP contribution >= 0.6 is 0 Å². The Kier molecular flexibility index (Phi) is 10.9. The van der Waals surface area contributed by atoms with Crippen LogP contribution < -0.4 is 11.1 Å². The number of rotatable bonds is 9. The zero-order valence-corrected chi connectivity index (χ0v) is 33.4. The molecule has 5 aromatic rings. The fourth-order valence-electron chi connectivity index (χ4n) is 10.2. The highest BCUT2D eigenvalue weighted by molar-refractivity contribution is 5.91. The van der Waals surface area contributed by atoms with Gasteiger partial charge in [0.2, 0.25) is 11.8 Å². The summed E-state index contributed by atoms with van der Waals surface area (Å²) in [4.78, 5) is 65.5. The number of amides is 3. The van der Waals surface area contributed by atoms with E-state index in [1.165, 1.54) is 13.5 Å². The monoisotopic (exact) mass is 785 g/mol. The van der Waals surface area contributed by atoms with Gasteiger partial charge in [-0.05, 0) is 98.2 Å². The number of pyridine rings is 1. The quantitative estimate of drug-likeness (QED) is 0.118. The average molecular weight is 786 g/mol. The van der Waals surface area contributed by atoms with Crippen molar-refractivity contribution < 1.29 is 19.1 Å². The molecule has 2 saturated heterocycles. The van der Waals surface area contributed by atoms with Crippen LogP contribution in [0, 0.1) is 11.8 Å². The van der Waals surface area contributed by atoms with Crippen molar-refractivity contribution in [3.8, 4) is 22.5 Å². The van der Waals surface area contributed by atoms with Crippen LogP contribution in [0.3, 0.4) is 0 Å². The van der Waals surface area contributed by atoms with Crippen molar-refractivity contribution in [1.82, 2.24) is 40.0 Å². The van der Waals surface area contributed by atoms with E-state index in [-0.39, 0.29) is 35.7 Å². The van der Waals surface area contributed by atoms with Crippen LogP contribution in [0.1, 0.15) is 114 Å². The highest BCUT2D eigenvalue weighted by atomic mass is 16.5. The molecule has 5 heterocycles. The van der Waals surface area contributed by atoms with Crippen molar-refractivity contribution in [3.63, 3.8) is 0 Å². The van der Waals surface area contributed by atoms with Gasteiger partial charge >= 0.3 is 6.09 Å². The molecule has 13 nitrogen and oxygen atoms in total. The normalized spacial score (nSPS) is 21.8. The van der Waals surface area contributed by atoms with E-state index in [0.717, 1.165) is 134 Å². The van der Waals surface area contributed by atoms with Crippen molar-refractivity contribution in [1.29, 1.82) is 0 Å². The van der Waals surface area contributed by atoms with E-state index >= 15 is 0 Å². The number of alkyl carbamates (subject to hydrolysis) is 1. The summed E-state index contributed by atoms with van der Waals surface area (Å²) in [5.41, 5.74) is 11.8. The first-order valence-corrected chi connectivity index (χ1v) is 21.5. The van der Waals surface area contributed by atoms with Gasteiger partial charge in [0, 0.05) is 24.2 Å². The molecule has 2 aliphatic heterocycles. The second-order valence-electron chi connectivity index (χ2n) is 17.0. The zero-order chi connectivity index (χ0) is 39.8. The Bertz CT molecular complexity index is 2290. The summed E-state index contributed by atoms with van der Waals surface area (Å²) in [6.07, 6.45) is 15.5. The number of nitrogens with zero attached hydrogens (tertiary/aromatic N) is 5. The Hall–Kier alpha value is -5.30. The second kappa shape index (κ2) is 16.5. The van der Waals surface area contributed by atoms with Crippen LogP contribution in [0.4, 0.5) is 4.79 Å². The summed E-state index contributed by atoms with van der Waals surface area (Å²) in [5, 5.41) is 5.04. The van der Waals surface area contributed by atoms with Gasteiger partial charge < -0.3 is 35.6 Å². The molecular formula is C45H55N9O4. The minimum absolute atomic E-state index is 0.0529. The molecule has 58 heavy (non-hydrogen) atoms. The van der Waals surface area contributed by atoms with E-state index in [1.807, 2.05) is 28.1 Å². The summed E-state index contributed by atoms with van der Waals surface area (Å²) < 4.78 is 4.91. The lowest BCUT2D eigenvalue weighted by atomic mass is 9.83. The Labute approximate surface area is 338 Å². The Balaban J connectivity index is 0.899. The largest absolute Gasteiger partial charge is 0.453 e. The number of imidazole rings is 2. The maximum atomic E-state index is 14.0. The van der Waals surface area contributed by atoms with Crippen LogP contribution in [-0.4, -0.2) is 84.9 Å². The van der Waals surface area contributed by atoms with E-state index in [9.17, 15) is 14.4 Å². The molecule has 4 fully saturated rings. The van der Waals surface area contributed by atoms with Crippen molar-refractivity contribution in [2.75, 3.05) is 20.2 Å². The number of H-pyrrole nitrogens is 2. The van der Waals surface area contributed by atoms with E-state index in [4.69, 9.17) is 25.4 Å². The highest BCUT2D eigenvalue weighted by Crippen LogP contribution is 2.37. The molecule has 9 rings (SSSR count). The second-order valence-corrected chi connectivity index (χ2v) is 17.0. The number of aromatic nitrogens is 5. The molecule has 0 spiro atoms. The predicted molar refractivity (Wildman–Crippen MR) is 222 cm³/mol. The first-order chi connectivity index (χ1) is 28.3. The summed E-state index contributed by atoms with van der Waals surface area (Å²) >= 11 is 0. The van der Waals surface area contributed by atoms with Gasteiger partial charge in [-0.15, -0.1) is 0 Å². The van der Waals surface area contributed by atoms with Crippen molar-refractivity contribution >= 4 is 39.8 Å². The number of carbonyl (C=O) groups is 3. The molecule has 304 valence electrons. The summed E-state index contributed by atoms with van der Waals surface area (Å²) in [5.74, 6) is 1.91. The molecule has 2 saturated carbocycles. The van der Waals surface area contributed by atoms with E-state index in [1.54, 1.807) is 0 Å². The molecule has 2 aliphatic carbocycles. The number of aromatic amines is 2. The first kappa shape index (κ1) is 38.2. The predicted octanol–water partition coefficient (Wildman–Crippen LogP) is 7.71. The molecule has 4 atom stereocenters. The third-order valence-corrected chi connectivity index (χ3v) is 13.4. The smallest absolute Gasteiger partial charge is 0.407 e. The molecule has 3 aromatic heterocycles. The molecule has 13 heteroatoms. The Morgan fingerprint density at radius 1 is 0.724 bits per heavy atom. The van der Waals surface area contributed by atoms with Crippen LogP contribution in [0.25, 0.3) is 44.5 Å². The van der Waals surface area contributed by atoms with Crippen molar-refractivity contribution in [3.05, 3.63) is 66.4 Å². The standard InChI is InChI=1S/C45H55N9O4/c1-58-45(57)51-39(28-12-6-3-7-13-28)44(56)54-23-8-14-36(54)41-47-26-35(50-41)32-19-17-29-24-31(18-16-30(29)25-32)33-20-21-34-40(48-33)52-42(49-34)37-15-9-22-53(37)43(55)38(46)27-10-4-2-5-11-27/h16-21,24-28,36-39H,2-15,22-23,46H2,1H3,(H,47,50)(H,51,57)(H,48,49,52)/t36-,37-,38-,39-/m0/s1. The fourth-order valence-corrected chi connectivity index (χ4v) is 10.2. The minimum atomic E-state index is -0.600. The maximum absolute atomic E-state index is 14.0. The molecular weight excluding hydrogens is 731 g/mol. The molecule has 4 aliphatic rings. The number of carbonyl (C=O) groups excluding carboxylic acids is 3. The number of nitrogens with one attached hydrogen (secondary N) is 3. The van der Waals surface area contributed by atoms with Gasteiger partial charge in [0.25, 0.3) is 0 Å². The van der Waals surface area contributed by atoms with Gasteiger partial charge in [-0.1, -0.05) is 62.8 Å². The van der Waals surface area contributed by atoms with Crippen LogP contribution in [0.2, 0.25) is 0 Å². The van der Waals surface area contributed by atoms with E-state index in [0.29, 0.717) is 18.7 Å². The van der Waals surface area contributed by atoms with Gasteiger partial charge in [-0.2, -0.15) is 0 Å². The molecule has 0 unspecified atom stereocenters. The molecule has 3 amide bonds. The molecule has 0 bridgehead atoms. The van der Waals surface area contributed by atoms with Gasteiger partial charge in [0.1, 0.15) is 17.7 Å². The number of hydrogen-bond donors (Lipinski definition) is 4. The summed E-state index contributed by atoms with van der Waals surface area (Å²) in [7, 11) is 1.34. The topological polar surface area (TPSA) is 175 Å². The summed E-state index contributed by atoms with van der Waals surface area (Å²) in [6.45, 7) is 1.33. The Morgan fingerprint density at radius 3 is 2.07 bits per heavy atom. The van der Waals surface area contributed by atoms with Gasteiger partial charge in [-0.25, -0.2) is 19.7 Å². The fraction of sp³-hybridized carbons (Fsp3) is 0.511. The number of ether oxygens (including phenoxy) is 1. The lowest BCUT2D eigenvalue weighted by molar-refractivity contribution is -0.136. The minimum Gasteiger partial charge on any atom is -0.453 e. The number of benzene rings is 2. The molecule has 0 radical (unpaired) electrons. The van der Waals surface area contributed by atoms with Crippen molar-refractivity contribution in [2.45, 2.75) is 114 Å². The SMILES string of the molecule is COC(=O)N[C@H](C(=O)N1CCC[C@H]1c1ncc(-c2ccc3cc(-c4ccc5[nH]c([C@@H]6CCCN6C(=O)[C@@H](N)C6CCCCC6)nc5n4)ccc3c2)[nH]1)C1CCCCC1. The lowest BCUT2D eigenvalue weighted by Gasteiger charge is -2.34. The zero-order valence-electron chi connectivity index (χ0n) is 33.4. The maximum Gasteiger partial charge on any atom is 0.407 e. The number of hydrogen-bond acceptors (Lipinski definition) is 8. The molecule has 5 N–H and O–H groups in total.